The number of nitrogens with zero attached hydrogens (tertiary/aromatic N) is 1. The number of hydrogen-bond acceptors (Lipinski definition) is 3. The number of anilines is 1. The van der Waals surface area contributed by atoms with Crippen LogP contribution < -0.4 is 10.6 Å². The number of aromatic nitrogens is 2. The second-order valence-electron chi connectivity index (χ2n) is 9.46. The molecule has 1 aliphatic rings. The van der Waals surface area contributed by atoms with E-state index in [1.54, 1.807) is 30.3 Å². The number of nitrogens with one attached hydrogen (secondary N) is 3. The van der Waals surface area contributed by atoms with Gasteiger partial charge in [0.15, 0.2) is 23.3 Å². The quantitative estimate of drug-likeness (QED) is 0.115. The summed E-state index contributed by atoms with van der Waals surface area (Å²) in [6, 6.07) is 11.2. The number of carbonyl (C=O) groups is 2. The molecule has 6 nitrogen and oxygen atoms in total. The lowest BCUT2D eigenvalue weighted by atomic mass is 10.1. The molecule has 0 saturated heterocycles. The highest BCUT2D eigenvalue weighted by molar-refractivity contribution is 6.04. The van der Waals surface area contributed by atoms with E-state index in [1.807, 2.05) is 0 Å². The fourth-order valence-electron chi connectivity index (χ4n) is 4.69. The van der Waals surface area contributed by atoms with E-state index in [4.69, 9.17) is 0 Å². The Morgan fingerprint density at radius 1 is 0.769 bits per heavy atom. The van der Waals surface area contributed by atoms with Gasteiger partial charge in [-0.05, 0) is 55.3 Å². The van der Waals surface area contributed by atoms with Gasteiger partial charge in [0.25, 0.3) is 11.8 Å². The Balaban J connectivity index is 1.31. The molecular formula is C28H23F5N4O2. The molecule has 0 aliphatic heterocycles. The second-order valence-corrected chi connectivity index (χ2v) is 9.46. The van der Waals surface area contributed by atoms with E-state index in [-0.39, 0.29) is 17.6 Å². The van der Waals surface area contributed by atoms with Crippen molar-refractivity contribution < 1.29 is 31.5 Å². The maximum atomic E-state index is 13.9. The van der Waals surface area contributed by atoms with Gasteiger partial charge < -0.3 is 15.6 Å². The van der Waals surface area contributed by atoms with Crippen molar-refractivity contribution in [1.29, 1.82) is 0 Å². The predicted octanol–water partition coefficient (Wildman–Crippen LogP) is 6.63. The van der Waals surface area contributed by atoms with Crippen LogP contribution in [0.4, 0.5) is 27.6 Å². The van der Waals surface area contributed by atoms with Crippen LogP contribution in [0.2, 0.25) is 0 Å². The SMILES string of the molecule is O=C(NC1CCCCCC1)c1ccc2[nH]c(-c3ccc(NC(=O)c4c(F)c(F)c(F)c(F)c4F)cc3)nc2c1. The minimum Gasteiger partial charge on any atom is -0.349 e. The molecule has 3 aromatic carbocycles. The van der Waals surface area contributed by atoms with Gasteiger partial charge in [-0.25, -0.2) is 26.9 Å². The molecular weight excluding hydrogens is 519 g/mol. The summed E-state index contributed by atoms with van der Waals surface area (Å²) in [6.45, 7) is 0. The van der Waals surface area contributed by atoms with Gasteiger partial charge in [-0.2, -0.15) is 0 Å². The molecule has 5 rings (SSSR count). The molecule has 1 fully saturated rings. The zero-order chi connectivity index (χ0) is 27.7. The molecule has 1 aromatic heterocycles. The highest BCUT2D eigenvalue weighted by Gasteiger charge is 2.29. The third-order valence-corrected chi connectivity index (χ3v) is 6.79. The number of rotatable bonds is 5. The second kappa shape index (κ2) is 10.8. The highest BCUT2D eigenvalue weighted by Crippen LogP contribution is 2.26. The van der Waals surface area contributed by atoms with Crippen LogP contribution in [0.3, 0.4) is 0 Å². The van der Waals surface area contributed by atoms with Crippen molar-refractivity contribution in [2.24, 2.45) is 0 Å². The van der Waals surface area contributed by atoms with Gasteiger partial charge in [0.2, 0.25) is 5.82 Å². The molecule has 202 valence electrons. The van der Waals surface area contributed by atoms with Gasteiger partial charge in [-0.1, -0.05) is 25.7 Å². The number of carbonyl (C=O) groups excluding carboxylic acids is 2. The van der Waals surface area contributed by atoms with Crippen LogP contribution >= 0.6 is 0 Å². The van der Waals surface area contributed by atoms with Crippen molar-refractivity contribution in [2.45, 2.75) is 44.6 Å². The summed E-state index contributed by atoms with van der Waals surface area (Å²) in [5.41, 5.74) is 0.829. The molecule has 1 saturated carbocycles. The van der Waals surface area contributed by atoms with Crippen LogP contribution in [-0.4, -0.2) is 27.8 Å². The fraction of sp³-hybridized carbons (Fsp3) is 0.250. The zero-order valence-corrected chi connectivity index (χ0v) is 20.5. The molecule has 4 aromatic rings. The zero-order valence-electron chi connectivity index (χ0n) is 20.5. The van der Waals surface area contributed by atoms with E-state index >= 15 is 0 Å². The lowest BCUT2D eigenvalue weighted by molar-refractivity contribution is 0.0932. The van der Waals surface area contributed by atoms with Crippen molar-refractivity contribution >= 4 is 28.5 Å². The number of hydrogen-bond donors (Lipinski definition) is 3. The third-order valence-electron chi connectivity index (χ3n) is 6.79. The van der Waals surface area contributed by atoms with Crippen LogP contribution in [0.1, 0.15) is 59.2 Å². The number of benzene rings is 3. The third kappa shape index (κ3) is 5.34. The highest BCUT2D eigenvalue weighted by atomic mass is 19.2. The summed E-state index contributed by atoms with van der Waals surface area (Å²) >= 11 is 0. The van der Waals surface area contributed by atoms with E-state index < -0.39 is 40.6 Å². The number of H-pyrrole nitrogens is 1. The Morgan fingerprint density at radius 2 is 1.38 bits per heavy atom. The average Bonchev–Trinajstić information content (AvgIpc) is 3.19. The van der Waals surface area contributed by atoms with Crippen molar-refractivity contribution in [3.8, 4) is 11.4 Å². The van der Waals surface area contributed by atoms with Crippen LogP contribution in [0.25, 0.3) is 22.4 Å². The van der Waals surface area contributed by atoms with Gasteiger partial charge in [-0.3, -0.25) is 9.59 Å². The molecule has 0 spiro atoms. The average molecular weight is 543 g/mol. The molecule has 1 heterocycles. The molecule has 0 atom stereocenters. The van der Waals surface area contributed by atoms with Gasteiger partial charge in [0.05, 0.1) is 11.0 Å². The minimum atomic E-state index is -2.34. The number of amides is 2. The number of halogens is 5. The Kier molecular flexibility index (Phi) is 7.32. The summed E-state index contributed by atoms with van der Waals surface area (Å²) in [7, 11) is 0. The molecule has 2 amide bonds. The first kappa shape index (κ1) is 26.3. The number of aromatic amines is 1. The Labute approximate surface area is 219 Å². The molecule has 0 radical (unpaired) electrons. The van der Waals surface area contributed by atoms with Crippen molar-refractivity contribution in [3.63, 3.8) is 0 Å². The molecule has 11 heteroatoms. The smallest absolute Gasteiger partial charge is 0.261 e. The molecule has 39 heavy (non-hydrogen) atoms. The van der Waals surface area contributed by atoms with Gasteiger partial charge >= 0.3 is 0 Å². The Morgan fingerprint density at radius 3 is 2.03 bits per heavy atom. The van der Waals surface area contributed by atoms with Crippen LogP contribution in [0.15, 0.2) is 42.5 Å². The maximum Gasteiger partial charge on any atom is 0.261 e. The predicted molar refractivity (Wildman–Crippen MR) is 135 cm³/mol. The first-order valence-corrected chi connectivity index (χ1v) is 12.5. The molecule has 0 unspecified atom stereocenters. The number of fused-ring (bicyclic) bond motifs is 1. The van der Waals surface area contributed by atoms with Gasteiger partial charge in [0, 0.05) is 22.9 Å². The Hall–Kier alpha value is -4.28. The summed E-state index contributed by atoms with van der Waals surface area (Å²) in [5.74, 6) is -12.4. The fourth-order valence-corrected chi connectivity index (χ4v) is 4.69. The molecule has 3 N–H and O–H groups in total. The van der Waals surface area contributed by atoms with Crippen LogP contribution in [0, 0.1) is 29.1 Å². The standard InChI is InChI=1S/C28H23F5N4O2/c29-21-20(22(30)24(32)25(33)23(21)31)28(39)35-17-10-7-14(8-11-17)26-36-18-12-9-15(13-19(18)37-26)27(38)34-16-5-3-1-2-4-6-16/h7-13,16H,1-6H2,(H,34,38)(H,35,39)(H,36,37). The van der Waals surface area contributed by atoms with Crippen LogP contribution in [-0.2, 0) is 0 Å². The van der Waals surface area contributed by atoms with E-state index in [9.17, 15) is 31.5 Å². The van der Waals surface area contributed by atoms with Crippen molar-refractivity contribution in [1.82, 2.24) is 15.3 Å². The number of imidazole rings is 1. The largest absolute Gasteiger partial charge is 0.349 e. The molecule has 0 bridgehead atoms. The summed E-state index contributed by atoms with van der Waals surface area (Å²) in [4.78, 5) is 32.7. The monoisotopic (exact) mass is 542 g/mol. The normalized spacial score (nSPS) is 14.3. The Bertz CT molecular complexity index is 1530. The topological polar surface area (TPSA) is 86.9 Å². The van der Waals surface area contributed by atoms with Crippen molar-refractivity contribution in [2.75, 3.05) is 5.32 Å². The van der Waals surface area contributed by atoms with E-state index in [0.717, 1.165) is 25.7 Å². The van der Waals surface area contributed by atoms with Gasteiger partial charge in [-0.15, -0.1) is 0 Å². The summed E-state index contributed by atoms with van der Waals surface area (Å²) in [5, 5.41) is 5.24. The minimum absolute atomic E-state index is 0.0567. The lowest BCUT2D eigenvalue weighted by Crippen LogP contribution is -2.34. The molecule has 1 aliphatic carbocycles. The van der Waals surface area contributed by atoms with E-state index in [1.165, 1.54) is 25.0 Å². The summed E-state index contributed by atoms with van der Waals surface area (Å²) in [6.07, 6.45) is 6.52. The first-order valence-electron chi connectivity index (χ1n) is 12.5. The van der Waals surface area contributed by atoms with Crippen LogP contribution in [0.5, 0.6) is 0 Å². The van der Waals surface area contributed by atoms with Crippen molar-refractivity contribution in [3.05, 3.63) is 82.7 Å². The summed E-state index contributed by atoms with van der Waals surface area (Å²) < 4.78 is 68.0. The van der Waals surface area contributed by atoms with Gasteiger partial charge in [0.1, 0.15) is 11.4 Å². The van der Waals surface area contributed by atoms with E-state index in [2.05, 4.69) is 20.6 Å². The lowest BCUT2D eigenvalue weighted by Gasteiger charge is -2.16. The first-order chi connectivity index (χ1) is 18.7. The van der Waals surface area contributed by atoms with E-state index in [0.29, 0.717) is 28.0 Å². The maximum absolute atomic E-state index is 13.9.